The van der Waals surface area contributed by atoms with Gasteiger partial charge in [0.2, 0.25) is 0 Å². The lowest BCUT2D eigenvalue weighted by Gasteiger charge is -2.37. The summed E-state index contributed by atoms with van der Waals surface area (Å²) in [5, 5.41) is 15.0. The number of carbonyl (C=O) groups is 1. The summed E-state index contributed by atoms with van der Waals surface area (Å²) in [4.78, 5) is 16.4. The van der Waals surface area contributed by atoms with Gasteiger partial charge in [0.1, 0.15) is 0 Å². The van der Waals surface area contributed by atoms with Crippen molar-refractivity contribution < 1.29 is 9.53 Å². The maximum absolute atomic E-state index is 12.8. The Morgan fingerprint density at radius 1 is 1.33 bits per heavy atom. The molecule has 2 atom stereocenters. The lowest BCUT2D eigenvalue weighted by molar-refractivity contribution is -0.000304. The number of carbonyl (C=O) groups excluding carboxylic acids is 1. The second-order valence-corrected chi connectivity index (χ2v) is 7.66. The second kappa shape index (κ2) is 5.98. The first-order valence-corrected chi connectivity index (χ1v) is 9.04. The molecule has 0 radical (unpaired) electrons. The average Bonchev–Trinajstić information content (AvgIpc) is 3.27. The summed E-state index contributed by atoms with van der Waals surface area (Å²) in [6.07, 6.45) is 5.69. The van der Waals surface area contributed by atoms with Crippen molar-refractivity contribution in [1.29, 1.82) is 0 Å². The molecule has 1 aliphatic carbocycles. The highest BCUT2D eigenvalue weighted by molar-refractivity contribution is 5.88. The van der Waals surface area contributed by atoms with Gasteiger partial charge in [0.15, 0.2) is 0 Å². The van der Waals surface area contributed by atoms with Crippen molar-refractivity contribution in [3.63, 3.8) is 0 Å². The van der Waals surface area contributed by atoms with Crippen LogP contribution >= 0.6 is 0 Å². The van der Waals surface area contributed by atoms with E-state index in [-0.39, 0.29) is 23.4 Å². The van der Waals surface area contributed by atoms with Crippen LogP contribution in [0.25, 0.3) is 0 Å². The van der Waals surface area contributed by atoms with Crippen LogP contribution in [0.1, 0.15) is 52.0 Å². The van der Waals surface area contributed by atoms with E-state index in [0.29, 0.717) is 12.0 Å². The predicted molar refractivity (Wildman–Crippen MR) is 87.5 cm³/mol. The number of likely N-dealkylation sites (tertiary alicyclic amines) is 1. The third kappa shape index (κ3) is 2.56. The Hall–Kier alpha value is -1.70. The minimum absolute atomic E-state index is 0.0847. The number of hydrogen-bond acceptors (Lipinski definition) is 5. The van der Waals surface area contributed by atoms with Gasteiger partial charge in [-0.25, -0.2) is 4.79 Å². The zero-order chi connectivity index (χ0) is 16.7. The Balaban J connectivity index is 1.49. The Morgan fingerprint density at radius 3 is 2.83 bits per heavy atom. The van der Waals surface area contributed by atoms with Crippen LogP contribution in [0.4, 0.5) is 10.7 Å². The summed E-state index contributed by atoms with van der Waals surface area (Å²) in [6, 6.07) is 0.390. The van der Waals surface area contributed by atoms with E-state index in [9.17, 15) is 4.79 Å². The summed E-state index contributed by atoms with van der Waals surface area (Å²) >= 11 is 0. The molecule has 0 unspecified atom stereocenters. The molecule has 1 saturated carbocycles. The van der Waals surface area contributed by atoms with Crippen LogP contribution in [0.5, 0.6) is 0 Å². The lowest BCUT2D eigenvalue weighted by atomic mass is 9.71. The topological polar surface area (TPSA) is 85.2 Å². The van der Waals surface area contributed by atoms with Crippen molar-refractivity contribution in [3.05, 3.63) is 0 Å². The maximum Gasteiger partial charge on any atom is 0.324 e. The van der Waals surface area contributed by atoms with Crippen LogP contribution < -0.4 is 5.32 Å². The predicted octanol–water partition coefficient (Wildman–Crippen LogP) is 2.07. The van der Waals surface area contributed by atoms with Crippen LogP contribution in [0.2, 0.25) is 0 Å². The van der Waals surface area contributed by atoms with Crippen molar-refractivity contribution in [2.45, 2.75) is 58.0 Å². The van der Waals surface area contributed by atoms with Crippen LogP contribution in [0, 0.1) is 11.3 Å². The number of fused-ring (bicyclic) bond motifs is 2. The molecule has 8 heteroatoms. The molecule has 2 aliphatic heterocycles. The normalized spacial score (nSPS) is 28.5. The SMILES string of the molecule is CC(C)n1nnc(NC(=O)N2CC3(CCOCC3)[C@@H]3CCC[C@@H]32)n1. The fourth-order valence-corrected chi connectivity index (χ4v) is 4.79. The molecule has 2 amide bonds. The van der Waals surface area contributed by atoms with Gasteiger partial charge in [-0.05, 0) is 56.1 Å². The van der Waals surface area contributed by atoms with Crippen molar-refractivity contribution in [1.82, 2.24) is 25.1 Å². The van der Waals surface area contributed by atoms with Crippen molar-refractivity contribution >= 4 is 12.0 Å². The van der Waals surface area contributed by atoms with E-state index in [1.54, 1.807) is 0 Å². The van der Waals surface area contributed by atoms with E-state index in [1.165, 1.54) is 17.6 Å². The molecule has 0 aromatic carbocycles. The van der Waals surface area contributed by atoms with Gasteiger partial charge >= 0.3 is 6.03 Å². The first kappa shape index (κ1) is 15.8. The fraction of sp³-hybridized carbons (Fsp3) is 0.875. The number of tetrazole rings is 1. The third-order valence-electron chi connectivity index (χ3n) is 6.01. The molecule has 132 valence electrons. The van der Waals surface area contributed by atoms with E-state index in [0.717, 1.165) is 39.0 Å². The van der Waals surface area contributed by atoms with Crippen LogP contribution in [-0.2, 0) is 4.74 Å². The Labute approximate surface area is 141 Å². The molecule has 3 heterocycles. The smallest absolute Gasteiger partial charge is 0.324 e. The summed E-state index contributed by atoms with van der Waals surface area (Å²) in [6.45, 7) is 6.43. The zero-order valence-electron chi connectivity index (χ0n) is 14.4. The highest BCUT2D eigenvalue weighted by atomic mass is 16.5. The Morgan fingerprint density at radius 2 is 2.12 bits per heavy atom. The van der Waals surface area contributed by atoms with Gasteiger partial charge in [0, 0.05) is 25.8 Å². The van der Waals surface area contributed by atoms with Crippen molar-refractivity contribution in [2.24, 2.45) is 11.3 Å². The molecule has 24 heavy (non-hydrogen) atoms. The number of nitrogens with one attached hydrogen (secondary N) is 1. The molecule has 3 fully saturated rings. The summed E-state index contributed by atoms with van der Waals surface area (Å²) in [5.41, 5.74) is 0.250. The van der Waals surface area contributed by atoms with Crippen LogP contribution in [0.15, 0.2) is 0 Å². The van der Waals surface area contributed by atoms with Crippen LogP contribution in [-0.4, -0.2) is 56.9 Å². The summed E-state index contributed by atoms with van der Waals surface area (Å²) in [7, 11) is 0. The Kier molecular flexibility index (Phi) is 3.94. The Bertz CT molecular complexity index is 609. The number of nitrogens with zero attached hydrogens (tertiary/aromatic N) is 5. The number of urea groups is 1. The highest BCUT2D eigenvalue weighted by Crippen LogP contribution is 2.53. The van der Waals surface area contributed by atoms with Crippen molar-refractivity contribution in [2.75, 3.05) is 25.1 Å². The number of aromatic nitrogens is 4. The molecule has 8 nitrogen and oxygen atoms in total. The molecule has 1 aromatic heterocycles. The second-order valence-electron chi connectivity index (χ2n) is 7.66. The number of hydrogen-bond donors (Lipinski definition) is 1. The molecule has 1 aromatic rings. The number of ether oxygens (including phenoxy) is 1. The van der Waals surface area contributed by atoms with Gasteiger partial charge in [0.05, 0.1) is 6.04 Å². The largest absolute Gasteiger partial charge is 0.381 e. The first-order valence-electron chi connectivity index (χ1n) is 9.04. The van der Waals surface area contributed by atoms with E-state index in [4.69, 9.17) is 4.74 Å². The average molecular weight is 334 g/mol. The number of rotatable bonds is 2. The van der Waals surface area contributed by atoms with E-state index < -0.39 is 0 Å². The van der Waals surface area contributed by atoms with E-state index >= 15 is 0 Å². The van der Waals surface area contributed by atoms with E-state index in [1.807, 2.05) is 18.7 Å². The molecular formula is C16H26N6O2. The summed E-state index contributed by atoms with van der Waals surface area (Å²) < 4.78 is 5.57. The molecule has 0 bridgehead atoms. The van der Waals surface area contributed by atoms with Gasteiger partial charge < -0.3 is 9.64 Å². The highest BCUT2D eigenvalue weighted by Gasteiger charge is 2.55. The van der Waals surface area contributed by atoms with Crippen molar-refractivity contribution in [3.8, 4) is 0 Å². The first-order chi connectivity index (χ1) is 11.6. The molecule has 3 aliphatic rings. The summed E-state index contributed by atoms with van der Waals surface area (Å²) in [5.74, 6) is 0.905. The van der Waals surface area contributed by atoms with Crippen LogP contribution in [0.3, 0.4) is 0 Å². The standard InChI is InChI=1S/C16H26N6O2/c1-11(2)22-19-14(18-20-22)17-15(23)21-10-16(6-8-24-9-7-16)12-4-3-5-13(12)21/h11-13H,3-10H2,1-2H3,(H,17,19,23)/t12-,13+/m1/s1. The van der Waals surface area contributed by atoms with Gasteiger partial charge in [-0.1, -0.05) is 11.5 Å². The molecule has 1 N–H and O–H groups in total. The minimum atomic E-state index is -0.0847. The fourth-order valence-electron chi connectivity index (χ4n) is 4.79. The molecule has 2 saturated heterocycles. The zero-order valence-corrected chi connectivity index (χ0v) is 14.4. The van der Waals surface area contributed by atoms with E-state index in [2.05, 4.69) is 20.7 Å². The number of amides is 2. The molecular weight excluding hydrogens is 308 g/mol. The monoisotopic (exact) mass is 334 g/mol. The molecule has 1 spiro atoms. The van der Waals surface area contributed by atoms with Gasteiger partial charge in [-0.2, -0.15) is 4.80 Å². The molecule has 4 rings (SSSR count). The van der Waals surface area contributed by atoms with Gasteiger partial charge in [0.25, 0.3) is 5.95 Å². The van der Waals surface area contributed by atoms with Gasteiger partial charge in [-0.3, -0.25) is 5.32 Å². The lowest BCUT2D eigenvalue weighted by Crippen LogP contribution is -2.40. The third-order valence-corrected chi connectivity index (χ3v) is 6.01. The number of anilines is 1. The minimum Gasteiger partial charge on any atom is -0.381 e. The van der Waals surface area contributed by atoms with Gasteiger partial charge in [-0.15, -0.1) is 5.10 Å². The quantitative estimate of drug-likeness (QED) is 0.895. The maximum atomic E-state index is 12.8.